The highest BCUT2D eigenvalue weighted by atomic mass is 32.1. The number of hydrogen-bond donors (Lipinski definition) is 1. The molecule has 0 radical (unpaired) electrons. The summed E-state index contributed by atoms with van der Waals surface area (Å²) in [5, 5.41) is 13.3. The third-order valence-electron chi connectivity index (χ3n) is 3.05. The zero-order chi connectivity index (χ0) is 14.4. The topological polar surface area (TPSA) is 41.0 Å². The van der Waals surface area contributed by atoms with Crippen molar-refractivity contribution in [3.8, 4) is 0 Å². The molecular weight excluding hydrogens is 275 g/mol. The molecule has 0 saturated carbocycles. The summed E-state index contributed by atoms with van der Waals surface area (Å²) in [6.45, 7) is 5.00. The van der Waals surface area contributed by atoms with E-state index < -0.39 is 0 Å². The number of hydrogen-bond acceptors (Lipinski definition) is 5. The highest BCUT2D eigenvalue weighted by Crippen LogP contribution is 2.18. The van der Waals surface area contributed by atoms with Gasteiger partial charge < -0.3 is 10.2 Å². The smallest absolute Gasteiger partial charge is 0.205 e. The van der Waals surface area contributed by atoms with Crippen molar-refractivity contribution < 1.29 is 4.39 Å². The predicted molar refractivity (Wildman–Crippen MR) is 80.8 cm³/mol. The van der Waals surface area contributed by atoms with Crippen LogP contribution in [0.25, 0.3) is 0 Å². The van der Waals surface area contributed by atoms with Crippen LogP contribution in [0.2, 0.25) is 0 Å². The molecule has 0 aliphatic carbocycles. The fourth-order valence-electron chi connectivity index (χ4n) is 1.69. The van der Waals surface area contributed by atoms with E-state index >= 15 is 0 Å². The molecule has 0 atom stereocenters. The molecule has 0 aliphatic heterocycles. The highest BCUT2D eigenvalue weighted by Gasteiger charge is 2.05. The van der Waals surface area contributed by atoms with E-state index in [0.717, 1.165) is 35.3 Å². The summed E-state index contributed by atoms with van der Waals surface area (Å²) in [6.07, 6.45) is 0.689. The molecule has 0 aliphatic rings. The second-order valence-corrected chi connectivity index (χ2v) is 5.69. The van der Waals surface area contributed by atoms with Gasteiger partial charge in [-0.15, -0.1) is 10.2 Å². The van der Waals surface area contributed by atoms with Crippen LogP contribution in [0.3, 0.4) is 0 Å². The molecule has 108 valence electrons. The van der Waals surface area contributed by atoms with Gasteiger partial charge in [0.25, 0.3) is 0 Å². The van der Waals surface area contributed by atoms with E-state index in [1.54, 1.807) is 23.5 Å². The Hall–Kier alpha value is -1.53. The summed E-state index contributed by atoms with van der Waals surface area (Å²) in [5.74, 6) is -0.214. The van der Waals surface area contributed by atoms with Gasteiger partial charge in [0.15, 0.2) is 0 Å². The van der Waals surface area contributed by atoms with E-state index in [0.29, 0.717) is 6.42 Å². The number of nitrogens with zero attached hydrogens (tertiary/aromatic N) is 3. The Kier molecular flexibility index (Phi) is 5.43. The van der Waals surface area contributed by atoms with Crippen LogP contribution in [-0.4, -0.2) is 41.8 Å². The Bertz CT molecular complexity index is 526. The molecule has 1 aromatic heterocycles. The minimum atomic E-state index is -0.214. The lowest BCUT2D eigenvalue weighted by Crippen LogP contribution is -2.24. The van der Waals surface area contributed by atoms with Gasteiger partial charge in [0.05, 0.1) is 0 Å². The van der Waals surface area contributed by atoms with Crippen LogP contribution >= 0.6 is 11.3 Å². The van der Waals surface area contributed by atoms with Gasteiger partial charge in [-0.2, -0.15) is 0 Å². The summed E-state index contributed by atoms with van der Waals surface area (Å²) >= 11 is 1.55. The lowest BCUT2D eigenvalue weighted by molar-refractivity contribution is 0.367. The van der Waals surface area contributed by atoms with Gasteiger partial charge in [0.1, 0.15) is 10.8 Å². The Morgan fingerprint density at radius 3 is 2.70 bits per heavy atom. The second-order valence-electron chi connectivity index (χ2n) is 4.63. The number of likely N-dealkylation sites (N-methyl/N-ethyl adjacent to an activating group) is 1. The second kappa shape index (κ2) is 7.31. The molecule has 0 saturated heterocycles. The lowest BCUT2D eigenvalue weighted by Gasteiger charge is -2.13. The Labute approximate surface area is 122 Å². The minimum Gasteiger partial charge on any atom is -0.359 e. The number of anilines is 1. The number of rotatable bonds is 7. The first-order chi connectivity index (χ1) is 9.67. The van der Waals surface area contributed by atoms with Crippen molar-refractivity contribution in [2.45, 2.75) is 13.3 Å². The SMILES string of the molecule is CCN(C)CCNc1nnc(Cc2ccc(F)cc2)s1. The molecule has 1 N–H and O–H groups in total. The van der Waals surface area contributed by atoms with E-state index in [2.05, 4.69) is 34.4 Å². The maximum absolute atomic E-state index is 12.8. The lowest BCUT2D eigenvalue weighted by atomic mass is 10.2. The van der Waals surface area contributed by atoms with E-state index in [-0.39, 0.29) is 5.82 Å². The molecule has 2 aromatic rings. The fourth-order valence-corrected chi connectivity index (χ4v) is 2.48. The Morgan fingerprint density at radius 1 is 1.25 bits per heavy atom. The maximum atomic E-state index is 12.8. The molecule has 0 spiro atoms. The van der Waals surface area contributed by atoms with Crippen molar-refractivity contribution in [1.29, 1.82) is 0 Å². The largest absolute Gasteiger partial charge is 0.359 e. The van der Waals surface area contributed by atoms with Crippen LogP contribution in [0.5, 0.6) is 0 Å². The molecule has 0 amide bonds. The molecule has 0 bridgehead atoms. The van der Waals surface area contributed by atoms with Gasteiger partial charge in [-0.1, -0.05) is 30.4 Å². The number of aromatic nitrogens is 2. The van der Waals surface area contributed by atoms with Crippen LogP contribution in [0.15, 0.2) is 24.3 Å². The molecule has 0 fully saturated rings. The standard InChI is InChI=1S/C14H19FN4S/c1-3-19(2)9-8-16-14-18-17-13(20-14)10-11-4-6-12(15)7-5-11/h4-7H,3,8-10H2,1-2H3,(H,16,18). The van der Waals surface area contributed by atoms with Crippen LogP contribution in [0.1, 0.15) is 17.5 Å². The van der Waals surface area contributed by atoms with Crippen LogP contribution in [0, 0.1) is 5.82 Å². The van der Waals surface area contributed by atoms with Crippen molar-refractivity contribution in [3.63, 3.8) is 0 Å². The predicted octanol–water partition coefficient (Wildman–Crippen LogP) is 2.63. The monoisotopic (exact) mass is 294 g/mol. The van der Waals surface area contributed by atoms with E-state index in [9.17, 15) is 4.39 Å². The zero-order valence-corrected chi connectivity index (χ0v) is 12.6. The first-order valence-electron chi connectivity index (χ1n) is 6.66. The number of halogens is 1. The average Bonchev–Trinajstić information content (AvgIpc) is 2.89. The van der Waals surface area contributed by atoms with Gasteiger partial charge in [-0.3, -0.25) is 0 Å². The van der Waals surface area contributed by atoms with Crippen molar-refractivity contribution in [2.24, 2.45) is 0 Å². The van der Waals surface area contributed by atoms with Crippen molar-refractivity contribution in [2.75, 3.05) is 32.0 Å². The Balaban J connectivity index is 1.84. The first kappa shape index (κ1) is 14.9. The van der Waals surface area contributed by atoms with Crippen LogP contribution in [-0.2, 0) is 6.42 Å². The number of benzene rings is 1. The van der Waals surface area contributed by atoms with Crippen LogP contribution < -0.4 is 5.32 Å². The van der Waals surface area contributed by atoms with Crippen molar-refractivity contribution in [3.05, 3.63) is 40.7 Å². The van der Waals surface area contributed by atoms with Crippen LogP contribution in [0.4, 0.5) is 9.52 Å². The van der Waals surface area contributed by atoms with Gasteiger partial charge >= 0.3 is 0 Å². The molecule has 0 unspecified atom stereocenters. The molecule has 1 heterocycles. The molecule has 1 aromatic carbocycles. The molecular formula is C14H19FN4S. The summed E-state index contributed by atoms with van der Waals surface area (Å²) in [4.78, 5) is 2.23. The molecule has 4 nitrogen and oxygen atoms in total. The summed E-state index contributed by atoms with van der Waals surface area (Å²) in [5.41, 5.74) is 1.04. The minimum absolute atomic E-state index is 0.214. The normalized spacial score (nSPS) is 11.0. The molecule has 2 rings (SSSR count). The van der Waals surface area contributed by atoms with Crippen molar-refractivity contribution >= 4 is 16.5 Å². The van der Waals surface area contributed by atoms with Crippen molar-refractivity contribution in [1.82, 2.24) is 15.1 Å². The summed E-state index contributed by atoms with van der Waals surface area (Å²) in [7, 11) is 2.09. The highest BCUT2D eigenvalue weighted by molar-refractivity contribution is 7.15. The number of nitrogens with one attached hydrogen (secondary N) is 1. The molecule has 20 heavy (non-hydrogen) atoms. The van der Waals surface area contributed by atoms with E-state index in [4.69, 9.17) is 0 Å². The zero-order valence-electron chi connectivity index (χ0n) is 11.8. The molecule has 6 heteroatoms. The fraction of sp³-hybridized carbons (Fsp3) is 0.429. The summed E-state index contributed by atoms with van der Waals surface area (Å²) in [6, 6.07) is 6.49. The first-order valence-corrected chi connectivity index (χ1v) is 7.48. The van der Waals surface area contributed by atoms with Gasteiger partial charge in [-0.05, 0) is 31.3 Å². The third kappa shape index (κ3) is 4.54. The third-order valence-corrected chi connectivity index (χ3v) is 3.93. The maximum Gasteiger partial charge on any atom is 0.205 e. The van der Waals surface area contributed by atoms with Gasteiger partial charge in [0.2, 0.25) is 5.13 Å². The van der Waals surface area contributed by atoms with Gasteiger partial charge in [-0.25, -0.2) is 4.39 Å². The van der Waals surface area contributed by atoms with Gasteiger partial charge in [0, 0.05) is 19.5 Å². The average molecular weight is 294 g/mol. The van der Waals surface area contributed by atoms with E-state index in [1.807, 2.05) is 0 Å². The summed E-state index contributed by atoms with van der Waals surface area (Å²) < 4.78 is 12.8. The Morgan fingerprint density at radius 2 is 2.00 bits per heavy atom. The quantitative estimate of drug-likeness (QED) is 0.852. The van der Waals surface area contributed by atoms with E-state index in [1.165, 1.54) is 12.1 Å².